The molecular weight excluding hydrogens is 653 g/mol. The van der Waals surface area contributed by atoms with Gasteiger partial charge in [-0.2, -0.15) is 0 Å². The van der Waals surface area contributed by atoms with E-state index in [1.165, 1.54) is 20.9 Å². The molecule has 0 aliphatic carbocycles. The number of hydrogen-bond acceptors (Lipinski definition) is 11. The number of nitrogens with two attached hydrogens (primary N) is 1. The molecule has 2 fully saturated rings. The average molecular weight is 693 g/mol. The summed E-state index contributed by atoms with van der Waals surface area (Å²) < 4.78 is 7.46. The number of piperazine rings is 1. The minimum atomic E-state index is -0.0813. The molecule has 0 saturated carbocycles. The van der Waals surface area contributed by atoms with Crippen molar-refractivity contribution >= 4 is 46.3 Å². The van der Waals surface area contributed by atoms with E-state index in [-0.39, 0.29) is 23.8 Å². The Balaban J connectivity index is 0.943. The van der Waals surface area contributed by atoms with Gasteiger partial charge in [0.1, 0.15) is 5.69 Å². The van der Waals surface area contributed by atoms with E-state index in [0.717, 1.165) is 43.7 Å². The zero-order valence-electron chi connectivity index (χ0n) is 28.3. The number of nitrogen functional groups attached to an aromatic ring is 1. The number of amides is 2. The van der Waals surface area contributed by atoms with Gasteiger partial charge in [0.25, 0.3) is 5.91 Å². The van der Waals surface area contributed by atoms with Crippen LogP contribution in [0.25, 0.3) is 27.3 Å². The van der Waals surface area contributed by atoms with Crippen LogP contribution in [0.15, 0.2) is 55.1 Å². The fourth-order valence-electron chi connectivity index (χ4n) is 7.18. The molecule has 0 bridgehead atoms. The van der Waals surface area contributed by atoms with Crippen LogP contribution in [0.3, 0.4) is 0 Å². The molecule has 1 aromatic carbocycles. The van der Waals surface area contributed by atoms with E-state index < -0.39 is 0 Å². The maximum atomic E-state index is 13.8. The van der Waals surface area contributed by atoms with Gasteiger partial charge in [0.2, 0.25) is 11.9 Å². The van der Waals surface area contributed by atoms with Gasteiger partial charge in [-0.3, -0.25) is 14.5 Å². The van der Waals surface area contributed by atoms with E-state index in [9.17, 15) is 9.59 Å². The van der Waals surface area contributed by atoms with Crippen molar-refractivity contribution in [2.45, 2.75) is 39.3 Å². The summed E-state index contributed by atoms with van der Waals surface area (Å²) in [7, 11) is 0. The van der Waals surface area contributed by atoms with Gasteiger partial charge in [0.15, 0.2) is 11.5 Å². The molecule has 50 heavy (non-hydrogen) atoms. The summed E-state index contributed by atoms with van der Waals surface area (Å²) in [6.45, 7) is 9.99. The molecule has 5 aromatic rings. The quantitative estimate of drug-likeness (QED) is 0.278. The van der Waals surface area contributed by atoms with Gasteiger partial charge in [-0.15, -0.1) is 11.3 Å². The smallest absolute Gasteiger partial charge is 0.274 e. The van der Waals surface area contributed by atoms with Crippen LogP contribution >= 0.6 is 11.3 Å². The molecule has 14 heteroatoms. The number of fused-ring (bicyclic) bond motifs is 2. The summed E-state index contributed by atoms with van der Waals surface area (Å²) in [5, 5.41) is 0. The lowest BCUT2D eigenvalue weighted by Crippen LogP contribution is -2.48. The Morgan fingerprint density at radius 1 is 0.960 bits per heavy atom. The van der Waals surface area contributed by atoms with Crippen molar-refractivity contribution in [1.82, 2.24) is 34.1 Å². The Hall–Kier alpha value is -4.92. The van der Waals surface area contributed by atoms with E-state index in [2.05, 4.69) is 57.0 Å². The SMILES string of the molecule is CC(=O)N1c2ccc(-c3ccc(CN4CCN(C(=O)c5cn6cc(-c7cnc(N)nc7)nc(N7CCOCC7)c6n5)CC4)s3)cc2CCC1C. The lowest BCUT2D eigenvalue weighted by molar-refractivity contribution is -0.117. The molecule has 2 saturated heterocycles. The molecule has 4 aromatic heterocycles. The molecule has 1 unspecified atom stereocenters. The van der Waals surface area contributed by atoms with Gasteiger partial charge in [0.05, 0.1) is 18.9 Å². The molecule has 7 heterocycles. The number of thiophene rings is 1. The van der Waals surface area contributed by atoms with Crippen LogP contribution in [-0.4, -0.2) is 104 Å². The maximum Gasteiger partial charge on any atom is 0.274 e. The van der Waals surface area contributed by atoms with Gasteiger partial charge in [-0.25, -0.2) is 19.9 Å². The van der Waals surface area contributed by atoms with Gasteiger partial charge >= 0.3 is 0 Å². The molecule has 258 valence electrons. The molecule has 0 radical (unpaired) electrons. The number of aromatic nitrogens is 5. The van der Waals surface area contributed by atoms with Crippen molar-refractivity contribution < 1.29 is 14.3 Å². The zero-order valence-corrected chi connectivity index (χ0v) is 29.1. The van der Waals surface area contributed by atoms with Crippen molar-refractivity contribution in [3.05, 3.63) is 71.3 Å². The van der Waals surface area contributed by atoms with Crippen molar-refractivity contribution in [1.29, 1.82) is 0 Å². The van der Waals surface area contributed by atoms with Gasteiger partial charge < -0.3 is 29.6 Å². The molecule has 3 aliphatic rings. The Bertz CT molecular complexity index is 2050. The van der Waals surface area contributed by atoms with E-state index in [1.54, 1.807) is 25.5 Å². The van der Waals surface area contributed by atoms with Crippen LogP contribution in [0.4, 0.5) is 17.5 Å². The molecule has 0 spiro atoms. The lowest BCUT2D eigenvalue weighted by Gasteiger charge is -2.34. The second-order valence-corrected chi connectivity index (χ2v) is 14.4. The van der Waals surface area contributed by atoms with Crippen LogP contribution in [0.2, 0.25) is 0 Å². The third kappa shape index (κ3) is 6.30. The number of rotatable bonds is 6. The molecular formula is C36H40N10O3S. The normalized spacial score (nSPS) is 18.4. The van der Waals surface area contributed by atoms with Crippen LogP contribution in [0.5, 0.6) is 0 Å². The van der Waals surface area contributed by atoms with Crippen LogP contribution in [-0.2, 0) is 22.5 Å². The molecule has 3 aliphatic heterocycles. The third-order valence-electron chi connectivity index (χ3n) is 9.85. The number of ether oxygens (including phenoxy) is 1. The number of morpholine rings is 1. The van der Waals surface area contributed by atoms with E-state index in [1.807, 2.05) is 31.7 Å². The summed E-state index contributed by atoms with van der Waals surface area (Å²) in [5.74, 6) is 0.912. The second-order valence-electron chi connectivity index (χ2n) is 13.2. The number of anilines is 3. The first-order chi connectivity index (χ1) is 24.3. The van der Waals surface area contributed by atoms with Crippen molar-refractivity contribution in [2.24, 2.45) is 0 Å². The zero-order chi connectivity index (χ0) is 34.4. The molecule has 2 N–H and O–H groups in total. The molecule has 13 nitrogen and oxygen atoms in total. The molecule has 8 rings (SSSR count). The standard InChI is InChI=1S/C36H40N10O3S/c1-23-3-4-25-17-26(5-7-31(25)46(23)24(2)47)32-8-6-28(50-32)20-42-9-11-44(12-10-42)35(48)30-22-45-21-29(27-18-38-36(37)39-19-27)40-33(34(45)41-30)43-13-15-49-16-14-43/h5-8,17-19,21-23H,3-4,9-16,20H2,1-2H3,(H2,37,38,39). The Morgan fingerprint density at radius 2 is 1.74 bits per heavy atom. The number of hydrogen-bond donors (Lipinski definition) is 1. The fourth-order valence-corrected chi connectivity index (χ4v) is 8.22. The molecule has 2 amide bonds. The highest BCUT2D eigenvalue weighted by molar-refractivity contribution is 7.15. The van der Waals surface area contributed by atoms with E-state index >= 15 is 0 Å². The number of nitrogens with zero attached hydrogens (tertiary/aromatic N) is 9. The Kier molecular flexibility index (Phi) is 8.67. The Labute approximate surface area is 294 Å². The number of imidazole rings is 1. The van der Waals surface area contributed by atoms with Crippen molar-refractivity contribution in [3.8, 4) is 21.7 Å². The highest BCUT2D eigenvalue weighted by Crippen LogP contribution is 2.37. The number of carbonyl (C=O) groups is 2. The highest BCUT2D eigenvalue weighted by atomic mass is 32.1. The van der Waals surface area contributed by atoms with Crippen LogP contribution in [0.1, 0.15) is 41.2 Å². The predicted molar refractivity (Wildman–Crippen MR) is 193 cm³/mol. The summed E-state index contributed by atoms with van der Waals surface area (Å²) in [6.07, 6.45) is 8.91. The minimum absolute atomic E-state index is 0.0813. The predicted octanol–water partition coefficient (Wildman–Crippen LogP) is 3.98. The van der Waals surface area contributed by atoms with Gasteiger partial charge in [0, 0.05) is 105 Å². The number of benzene rings is 1. The average Bonchev–Trinajstić information content (AvgIpc) is 3.79. The summed E-state index contributed by atoms with van der Waals surface area (Å²) >= 11 is 1.81. The fraction of sp³-hybridized carbons (Fsp3) is 0.389. The van der Waals surface area contributed by atoms with E-state index in [4.69, 9.17) is 20.4 Å². The topological polar surface area (TPSA) is 138 Å². The summed E-state index contributed by atoms with van der Waals surface area (Å²) in [4.78, 5) is 55.0. The maximum absolute atomic E-state index is 13.8. The number of aryl methyl sites for hydroxylation is 1. The molecule has 1 atom stereocenters. The van der Waals surface area contributed by atoms with Gasteiger partial charge in [-0.1, -0.05) is 6.07 Å². The van der Waals surface area contributed by atoms with Crippen molar-refractivity contribution in [3.63, 3.8) is 0 Å². The third-order valence-corrected chi connectivity index (χ3v) is 11.0. The first-order valence-electron chi connectivity index (χ1n) is 17.1. The Morgan fingerprint density at radius 3 is 2.50 bits per heavy atom. The van der Waals surface area contributed by atoms with Crippen molar-refractivity contribution in [2.75, 3.05) is 68.0 Å². The van der Waals surface area contributed by atoms with Crippen LogP contribution < -0.4 is 15.5 Å². The minimum Gasteiger partial charge on any atom is -0.378 e. The summed E-state index contributed by atoms with van der Waals surface area (Å²) in [5.41, 5.74) is 11.6. The van der Waals surface area contributed by atoms with Gasteiger partial charge in [-0.05, 0) is 55.2 Å². The number of carbonyl (C=O) groups excluding carboxylic acids is 2. The largest absolute Gasteiger partial charge is 0.378 e. The first-order valence-corrected chi connectivity index (χ1v) is 18.0. The lowest BCUT2D eigenvalue weighted by atomic mass is 9.94. The highest BCUT2D eigenvalue weighted by Gasteiger charge is 2.28. The monoisotopic (exact) mass is 692 g/mol. The van der Waals surface area contributed by atoms with E-state index in [0.29, 0.717) is 62.2 Å². The van der Waals surface area contributed by atoms with Crippen LogP contribution in [0, 0.1) is 0 Å². The summed E-state index contributed by atoms with van der Waals surface area (Å²) in [6, 6.07) is 11.1. The first kappa shape index (κ1) is 32.3. The second kappa shape index (κ2) is 13.4.